The number of aliphatic hydroxyl groups excluding tert-OH is 1. The van der Waals surface area contributed by atoms with E-state index in [0.717, 1.165) is 0 Å². The van der Waals surface area contributed by atoms with E-state index in [9.17, 15) is 9.59 Å². The van der Waals surface area contributed by atoms with Crippen molar-refractivity contribution in [3.63, 3.8) is 0 Å². The zero-order chi connectivity index (χ0) is 9.56. The van der Waals surface area contributed by atoms with Crippen molar-refractivity contribution >= 4 is 11.9 Å². The number of aliphatic carboxylic acids is 1. The lowest BCUT2D eigenvalue weighted by molar-refractivity contribution is -0.142. The van der Waals surface area contributed by atoms with Crippen molar-refractivity contribution < 1.29 is 19.8 Å². The standard InChI is InChI=1S/C7H9NO4/c1-2-3-6(10)8-5(4-9)7(11)12/h1,5,9H,3-4H2,(H,8,10)(H,11,12). The molecule has 0 spiro atoms. The quantitative estimate of drug-likeness (QED) is 0.453. The van der Waals surface area contributed by atoms with E-state index in [1.54, 1.807) is 0 Å². The van der Waals surface area contributed by atoms with Gasteiger partial charge in [0.15, 0.2) is 0 Å². The topological polar surface area (TPSA) is 86.6 Å². The van der Waals surface area contributed by atoms with Crippen LogP contribution >= 0.6 is 0 Å². The summed E-state index contributed by atoms with van der Waals surface area (Å²) in [6.07, 6.45) is 4.61. The van der Waals surface area contributed by atoms with Gasteiger partial charge >= 0.3 is 5.97 Å². The normalized spacial score (nSPS) is 11.3. The number of hydrogen-bond donors (Lipinski definition) is 3. The van der Waals surface area contributed by atoms with Crippen LogP contribution in [0.4, 0.5) is 0 Å². The molecule has 0 bridgehead atoms. The molecule has 0 fully saturated rings. The highest BCUT2D eigenvalue weighted by Crippen LogP contribution is 1.84. The molecule has 5 nitrogen and oxygen atoms in total. The summed E-state index contributed by atoms with van der Waals surface area (Å²) in [5.41, 5.74) is 0. The minimum absolute atomic E-state index is 0.191. The van der Waals surface area contributed by atoms with Crippen molar-refractivity contribution in [1.29, 1.82) is 0 Å². The van der Waals surface area contributed by atoms with Gasteiger partial charge in [-0.2, -0.15) is 0 Å². The molecule has 66 valence electrons. The van der Waals surface area contributed by atoms with Crippen molar-refractivity contribution in [2.45, 2.75) is 12.5 Å². The van der Waals surface area contributed by atoms with Gasteiger partial charge in [0.1, 0.15) is 6.04 Å². The van der Waals surface area contributed by atoms with E-state index in [1.807, 2.05) is 11.2 Å². The van der Waals surface area contributed by atoms with Gasteiger partial charge in [-0.05, 0) is 0 Å². The summed E-state index contributed by atoms with van der Waals surface area (Å²) in [6, 6.07) is -1.27. The maximum Gasteiger partial charge on any atom is 0.328 e. The molecule has 0 aromatic rings. The van der Waals surface area contributed by atoms with Crippen molar-refractivity contribution in [2.24, 2.45) is 0 Å². The number of amides is 1. The van der Waals surface area contributed by atoms with Crippen molar-refractivity contribution in [3.8, 4) is 12.3 Å². The first-order valence-electron chi connectivity index (χ1n) is 3.18. The van der Waals surface area contributed by atoms with Gasteiger partial charge in [-0.1, -0.05) is 5.92 Å². The number of carboxylic acid groups (broad SMARTS) is 1. The second-order valence-corrected chi connectivity index (χ2v) is 2.02. The maximum atomic E-state index is 10.7. The highest BCUT2D eigenvalue weighted by atomic mass is 16.4. The van der Waals surface area contributed by atoms with E-state index in [2.05, 4.69) is 0 Å². The Morgan fingerprint density at radius 3 is 2.50 bits per heavy atom. The lowest BCUT2D eigenvalue weighted by Gasteiger charge is -2.09. The van der Waals surface area contributed by atoms with Gasteiger partial charge in [0.05, 0.1) is 13.0 Å². The third-order valence-corrected chi connectivity index (χ3v) is 1.08. The van der Waals surface area contributed by atoms with Gasteiger partial charge < -0.3 is 15.5 Å². The van der Waals surface area contributed by atoms with Crippen LogP contribution in [-0.2, 0) is 9.59 Å². The average Bonchev–Trinajstić information content (AvgIpc) is 2.00. The smallest absolute Gasteiger partial charge is 0.328 e. The average molecular weight is 171 g/mol. The number of carbonyl (C=O) groups excluding carboxylic acids is 1. The van der Waals surface area contributed by atoms with E-state index < -0.39 is 24.5 Å². The molecule has 0 aliphatic rings. The summed E-state index contributed by atoms with van der Waals surface area (Å²) in [6.45, 7) is -0.647. The fourth-order valence-electron chi connectivity index (χ4n) is 0.524. The van der Waals surface area contributed by atoms with E-state index in [4.69, 9.17) is 16.6 Å². The number of carbonyl (C=O) groups is 2. The first-order valence-corrected chi connectivity index (χ1v) is 3.18. The van der Waals surface area contributed by atoms with Crippen LogP contribution in [0.3, 0.4) is 0 Å². The highest BCUT2D eigenvalue weighted by Gasteiger charge is 2.17. The Hall–Kier alpha value is -1.54. The zero-order valence-corrected chi connectivity index (χ0v) is 6.28. The van der Waals surface area contributed by atoms with Gasteiger partial charge in [0, 0.05) is 0 Å². The van der Waals surface area contributed by atoms with E-state index >= 15 is 0 Å². The number of carboxylic acids is 1. The minimum Gasteiger partial charge on any atom is -0.480 e. The van der Waals surface area contributed by atoms with Crippen molar-refractivity contribution in [1.82, 2.24) is 5.32 Å². The molecule has 0 aliphatic heterocycles. The lowest BCUT2D eigenvalue weighted by Crippen LogP contribution is -2.43. The van der Waals surface area contributed by atoms with Crippen LogP contribution in [0.2, 0.25) is 0 Å². The molecule has 0 saturated carbocycles. The largest absolute Gasteiger partial charge is 0.480 e. The molecule has 12 heavy (non-hydrogen) atoms. The molecule has 1 atom stereocenters. The number of hydrogen-bond acceptors (Lipinski definition) is 3. The van der Waals surface area contributed by atoms with Crippen molar-refractivity contribution in [2.75, 3.05) is 6.61 Å². The molecule has 1 unspecified atom stereocenters. The van der Waals surface area contributed by atoms with Crippen LogP contribution in [0.5, 0.6) is 0 Å². The summed E-state index contributed by atoms with van der Waals surface area (Å²) in [5, 5.41) is 18.9. The van der Waals surface area contributed by atoms with E-state index in [-0.39, 0.29) is 6.42 Å². The molecule has 0 aromatic carbocycles. The van der Waals surface area contributed by atoms with E-state index in [0.29, 0.717) is 0 Å². The molecule has 5 heteroatoms. The summed E-state index contributed by atoms with van der Waals surface area (Å²) in [7, 11) is 0. The molecule has 0 saturated heterocycles. The van der Waals surface area contributed by atoms with Crippen LogP contribution in [0, 0.1) is 12.3 Å². The number of aliphatic hydroxyl groups is 1. The fourth-order valence-corrected chi connectivity index (χ4v) is 0.524. The molecule has 3 N–H and O–H groups in total. The Bertz CT molecular complexity index is 218. The molecular formula is C7H9NO4. The molecule has 1 amide bonds. The first-order chi connectivity index (χ1) is 5.61. The summed E-state index contributed by atoms with van der Waals surface area (Å²) < 4.78 is 0. The van der Waals surface area contributed by atoms with Crippen LogP contribution in [0.1, 0.15) is 6.42 Å². The zero-order valence-electron chi connectivity index (χ0n) is 6.28. The Kier molecular flexibility index (Phi) is 4.49. The summed E-state index contributed by atoms with van der Waals surface area (Å²) in [5.74, 6) is 0.176. The third kappa shape index (κ3) is 3.58. The molecular weight excluding hydrogens is 162 g/mol. The van der Waals surface area contributed by atoms with Gasteiger partial charge in [-0.25, -0.2) is 4.79 Å². The summed E-state index contributed by atoms with van der Waals surface area (Å²) >= 11 is 0. The van der Waals surface area contributed by atoms with E-state index in [1.165, 1.54) is 0 Å². The van der Waals surface area contributed by atoms with Crippen LogP contribution in [0.25, 0.3) is 0 Å². The van der Waals surface area contributed by atoms with Gasteiger partial charge in [-0.3, -0.25) is 4.79 Å². The summed E-state index contributed by atoms with van der Waals surface area (Å²) in [4.78, 5) is 20.9. The van der Waals surface area contributed by atoms with Crippen LogP contribution < -0.4 is 5.32 Å². The molecule has 0 aliphatic carbocycles. The Balaban J connectivity index is 3.96. The fraction of sp³-hybridized carbons (Fsp3) is 0.429. The predicted octanol–water partition coefficient (Wildman–Crippen LogP) is -1.43. The van der Waals surface area contributed by atoms with Crippen molar-refractivity contribution in [3.05, 3.63) is 0 Å². The minimum atomic E-state index is -1.29. The monoisotopic (exact) mass is 171 g/mol. The second-order valence-electron chi connectivity index (χ2n) is 2.02. The van der Waals surface area contributed by atoms with Gasteiger partial charge in [-0.15, -0.1) is 6.42 Å². The first kappa shape index (κ1) is 10.5. The Morgan fingerprint density at radius 2 is 2.17 bits per heavy atom. The number of terminal acetylenes is 1. The SMILES string of the molecule is C#CCC(=O)NC(CO)C(=O)O. The predicted molar refractivity (Wildman–Crippen MR) is 40.1 cm³/mol. The number of rotatable bonds is 4. The Labute approximate surface area is 69.4 Å². The Morgan fingerprint density at radius 1 is 1.58 bits per heavy atom. The highest BCUT2D eigenvalue weighted by molar-refractivity contribution is 5.84. The lowest BCUT2D eigenvalue weighted by atomic mass is 10.3. The van der Waals surface area contributed by atoms with Gasteiger partial charge in [0.2, 0.25) is 5.91 Å². The number of nitrogens with one attached hydrogen (secondary N) is 1. The molecule has 0 rings (SSSR count). The molecule has 0 radical (unpaired) electrons. The van der Waals surface area contributed by atoms with Crippen LogP contribution in [0.15, 0.2) is 0 Å². The molecule has 0 heterocycles. The second kappa shape index (κ2) is 5.16. The maximum absolute atomic E-state index is 10.7. The van der Waals surface area contributed by atoms with Gasteiger partial charge in [0.25, 0.3) is 0 Å². The third-order valence-electron chi connectivity index (χ3n) is 1.08. The molecule has 0 aromatic heterocycles. The van der Waals surface area contributed by atoms with Crippen LogP contribution in [-0.4, -0.2) is 34.7 Å².